The SMILES string of the molecule is CN=C(NCC(C)(C)OC)NC1CC(OC)C1(C)C.I. The fourth-order valence-corrected chi connectivity index (χ4v) is 2.26. The van der Waals surface area contributed by atoms with Crippen LogP contribution in [0.15, 0.2) is 4.99 Å². The number of nitrogens with zero attached hydrogens (tertiary/aromatic N) is 1. The van der Waals surface area contributed by atoms with E-state index in [0.29, 0.717) is 18.7 Å². The summed E-state index contributed by atoms with van der Waals surface area (Å²) in [5, 5.41) is 6.76. The summed E-state index contributed by atoms with van der Waals surface area (Å²) in [7, 11) is 5.28. The van der Waals surface area contributed by atoms with E-state index in [9.17, 15) is 0 Å². The highest BCUT2D eigenvalue weighted by molar-refractivity contribution is 14.0. The summed E-state index contributed by atoms with van der Waals surface area (Å²) in [6.07, 6.45) is 1.33. The van der Waals surface area contributed by atoms with Gasteiger partial charge in [0.25, 0.3) is 0 Å². The van der Waals surface area contributed by atoms with Crippen molar-refractivity contribution in [2.45, 2.75) is 51.9 Å². The van der Waals surface area contributed by atoms with E-state index in [1.54, 1.807) is 21.3 Å². The molecule has 0 aliphatic heterocycles. The van der Waals surface area contributed by atoms with Crippen LogP contribution < -0.4 is 10.6 Å². The number of nitrogens with one attached hydrogen (secondary N) is 2. The first kappa shape index (κ1) is 19.9. The van der Waals surface area contributed by atoms with Gasteiger partial charge in [-0.25, -0.2) is 0 Å². The molecule has 0 heterocycles. The second kappa shape index (κ2) is 7.79. The molecular weight excluding hydrogens is 369 g/mol. The largest absolute Gasteiger partial charge is 0.381 e. The third-order valence-electron chi connectivity index (χ3n) is 4.23. The molecule has 2 N–H and O–H groups in total. The summed E-state index contributed by atoms with van der Waals surface area (Å²) >= 11 is 0. The van der Waals surface area contributed by atoms with Gasteiger partial charge in [-0.1, -0.05) is 13.8 Å². The van der Waals surface area contributed by atoms with Gasteiger partial charge in [0, 0.05) is 39.3 Å². The topological polar surface area (TPSA) is 54.9 Å². The minimum absolute atomic E-state index is 0. The molecule has 1 aliphatic rings. The second-order valence-electron chi connectivity index (χ2n) is 6.37. The predicted octanol–water partition coefficient (Wildman–Crippen LogP) is 2.01. The van der Waals surface area contributed by atoms with E-state index in [-0.39, 0.29) is 35.0 Å². The molecule has 120 valence electrons. The van der Waals surface area contributed by atoms with E-state index >= 15 is 0 Å². The maximum atomic E-state index is 5.46. The van der Waals surface area contributed by atoms with Crippen LogP contribution in [0.2, 0.25) is 0 Å². The maximum Gasteiger partial charge on any atom is 0.191 e. The van der Waals surface area contributed by atoms with Gasteiger partial charge in [0.2, 0.25) is 0 Å². The highest BCUT2D eigenvalue weighted by Crippen LogP contribution is 2.42. The third-order valence-corrected chi connectivity index (χ3v) is 4.23. The van der Waals surface area contributed by atoms with Crippen molar-refractivity contribution < 1.29 is 9.47 Å². The molecule has 2 unspecified atom stereocenters. The number of methoxy groups -OCH3 is 2. The summed E-state index contributed by atoms with van der Waals surface area (Å²) in [5.74, 6) is 0.817. The molecule has 0 radical (unpaired) electrons. The lowest BCUT2D eigenvalue weighted by Crippen LogP contribution is -2.63. The average molecular weight is 399 g/mol. The van der Waals surface area contributed by atoms with Crippen LogP contribution in [0.4, 0.5) is 0 Å². The zero-order chi connectivity index (χ0) is 14.7. The van der Waals surface area contributed by atoms with E-state index in [1.165, 1.54) is 0 Å². The molecule has 1 rings (SSSR count). The lowest BCUT2D eigenvalue weighted by molar-refractivity contribution is -0.0923. The molecule has 6 heteroatoms. The summed E-state index contributed by atoms with van der Waals surface area (Å²) in [6, 6.07) is 0.384. The van der Waals surface area contributed by atoms with E-state index in [1.807, 2.05) is 13.8 Å². The summed E-state index contributed by atoms with van der Waals surface area (Å²) in [4.78, 5) is 4.26. The molecule has 1 aliphatic carbocycles. The first-order chi connectivity index (χ1) is 8.76. The molecule has 0 aromatic rings. The summed E-state index contributed by atoms with van der Waals surface area (Å²) in [6.45, 7) is 9.23. The molecule has 5 nitrogen and oxygen atoms in total. The second-order valence-corrected chi connectivity index (χ2v) is 6.37. The average Bonchev–Trinajstić information content (AvgIpc) is 2.37. The van der Waals surface area contributed by atoms with Gasteiger partial charge in [-0.05, 0) is 20.3 Å². The van der Waals surface area contributed by atoms with Crippen molar-refractivity contribution in [2.75, 3.05) is 27.8 Å². The highest BCUT2D eigenvalue weighted by Gasteiger charge is 2.48. The molecule has 1 saturated carbocycles. The van der Waals surface area contributed by atoms with Crippen LogP contribution in [0.5, 0.6) is 0 Å². The van der Waals surface area contributed by atoms with E-state index in [2.05, 4.69) is 29.5 Å². The molecule has 0 bridgehead atoms. The lowest BCUT2D eigenvalue weighted by Gasteiger charge is -2.51. The standard InChI is InChI=1S/C14H29N3O2.HI/c1-13(2,19-7)9-16-12(15-5)17-10-8-11(18-6)14(10,3)4;/h10-11H,8-9H2,1-7H3,(H2,15,16,17);1H. The normalized spacial score (nSPS) is 25.4. The Morgan fingerprint density at radius 1 is 1.35 bits per heavy atom. The molecule has 20 heavy (non-hydrogen) atoms. The van der Waals surface area contributed by atoms with Gasteiger partial charge in [-0.15, -0.1) is 24.0 Å². The minimum Gasteiger partial charge on any atom is -0.381 e. The molecule has 0 amide bonds. The van der Waals surface area contributed by atoms with Gasteiger partial charge in [-0.2, -0.15) is 0 Å². The van der Waals surface area contributed by atoms with Gasteiger partial charge in [-0.3, -0.25) is 4.99 Å². The lowest BCUT2D eigenvalue weighted by atomic mass is 9.64. The number of aliphatic imine (C=N–C) groups is 1. The Hall–Kier alpha value is -0.0800. The molecule has 0 aromatic carbocycles. The Bertz CT molecular complexity index is 332. The Labute approximate surface area is 140 Å². The van der Waals surface area contributed by atoms with Crippen molar-refractivity contribution in [3.8, 4) is 0 Å². The zero-order valence-electron chi connectivity index (χ0n) is 13.7. The van der Waals surface area contributed by atoms with Crippen LogP contribution in [0, 0.1) is 5.41 Å². The zero-order valence-corrected chi connectivity index (χ0v) is 16.1. The molecule has 2 atom stereocenters. The van der Waals surface area contributed by atoms with E-state index in [4.69, 9.17) is 9.47 Å². The van der Waals surface area contributed by atoms with Crippen LogP contribution in [-0.4, -0.2) is 51.5 Å². The molecule has 0 aromatic heterocycles. The van der Waals surface area contributed by atoms with Gasteiger partial charge >= 0.3 is 0 Å². The van der Waals surface area contributed by atoms with Crippen LogP contribution in [0.25, 0.3) is 0 Å². The smallest absolute Gasteiger partial charge is 0.191 e. The van der Waals surface area contributed by atoms with Crippen molar-refractivity contribution in [2.24, 2.45) is 10.4 Å². The summed E-state index contributed by atoms with van der Waals surface area (Å²) in [5.41, 5.74) is -0.0784. The van der Waals surface area contributed by atoms with Crippen molar-refractivity contribution >= 4 is 29.9 Å². The first-order valence-electron chi connectivity index (χ1n) is 6.82. The molecule has 1 fully saturated rings. The molecular formula is C14H30IN3O2. The Morgan fingerprint density at radius 2 is 1.95 bits per heavy atom. The predicted molar refractivity (Wildman–Crippen MR) is 94.0 cm³/mol. The number of hydrogen-bond donors (Lipinski definition) is 2. The fraction of sp³-hybridized carbons (Fsp3) is 0.929. The summed E-state index contributed by atoms with van der Waals surface area (Å²) < 4.78 is 10.8. The Balaban J connectivity index is 0.00000361. The van der Waals surface area contributed by atoms with Crippen LogP contribution in [-0.2, 0) is 9.47 Å². The third kappa shape index (κ3) is 4.73. The van der Waals surface area contributed by atoms with Gasteiger partial charge < -0.3 is 20.1 Å². The van der Waals surface area contributed by atoms with Crippen LogP contribution in [0.1, 0.15) is 34.1 Å². The number of ether oxygens (including phenoxy) is 2. The number of hydrogen-bond acceptors (Lipinski definition) is 3. The van der Waals surface area contributed by atoms with Crippen molar-refractivity contribution in [1.82, 2.24) is 10.6 Å². The number of halogens is 1. The van der Waals surface area contributed by atoms with Gasteiger partial charge in [0.1, 0.15) is 0 Å². The van der Waals surface area contributed by atoms with Crippen molar-refractivity contribution in [3.05, 3.63) is 0 Å². The van der Waals surface area contributed by atoms with Crippen molar-refractivity contribution in [3.63, 3.8) is 0 Å². The van der Waals surface area contributed by atoms with E-state index in [0.717, 1.165) is 12.4 Å². The fourth-order valence-electron chi connectivity index (χ4n) is 2.26. The number of rotatable bonds is 5. The Kier molecular flexibility index (Phi) is 7.76. The quantitative estimate of drug-likeness (QED) is 0.422. The van der Waals surface area contributed by atoms with Gasteiger partial charge in [0.15, 0.2) is 5.96 Å². The first-order valence-corrected chi connectivity index (χ1v) is 6.82. The molecule has 0 spiro atoms. The Morgan fingerprint density at radius 3 is 2.35 bits per heavy atom. The van der Waals surface area contributed by atoms with Crippen LogP contribution >= 0.6 is 24.0 Å². The van der Waals surface area contributed by atoms with Crippen LogP contribution in [0.3, 0.4) is 0 Å². The maximum absolute atomic E-state index is 5.46. The van der Waals surface area contributed by atoms with E-state index < -0.39 is 0 Å². The minimum atomic E-state index is -0.207. The number of guanidine groups is 1. The highest BCUT2D eigenvalue weighted by atomic mass is 127. The molecule has 0 saturated heterocycles. The monoisotopic (exact) mass is 399 g/mol. The van der Waals surface area contributed by atoms with Crippen molar-refractivity contribution in [1.29, 1.82) is 0 Å². The van der Waals surface area contributed by atoms with Gasteiger partial charge in [0.05, 0.1) is 11.7 Å².